The third-order valence-electron chi connectivity index (χ3n) is 4.40. The van der Waals surface area contributed by atoms with Crippen molar-refractivity contribution in [1.82, 2.24) is 9.62 Å². The van der Waals surface area contributed by atoms with E-state index in [9.17, 15) is 18.5 Å². The number of hydrogen-bond donors (Lipinski definition) is 1. The van der Waals surface area contributed by atoms with Gasteiger partial charge in [0.05, 0.1) is 4.92 Å². The molecule has 29 heavy (non-hydrogen) atoms. The van der Waals surface area contributed by atoms with Gasteiger partial charge in [0.1, 0.15) is 16.4 Å². The summed E-state index contributed by atoms with van der Waals surface area (Å²) in [5.74, 6) is 0.591. The molecule has 1 aliphatic rings. The second-order valence-corrected chi connectivity index (χ2v) is 8.32. The first-order chi connectivity index (χ1) is 12.8. The Hall–Kier alpha value is -1.91. The fourth-order valence-electron chi connectivity index (χ4n) is 2.86. The van der Waals surface area contributed by atoms with Crippen molar-refractivity contribution in [3.05, 3.63) is 57.6 Å². The number of halogens is 2. The van der Waals surface area contributed by atoms with Crippen molar-refractivity contribution in [1.29, 1.82) is 0 Å². The zero-order valence-electron chi connectivity index (χ0n) is 16.0. The standard InChI is InChI=1S/C18H21N3O5S.2ClH/c1-13-3-4-14(2)17(11-13)26-16-6-5-15(21(22)23)12-18(16)27(24,25)20-9-7-19-8-10-20;;/h3-6,11-12,19H,7-10H2,1-2H3;2*1H. The lowest BCUT2D eigenvalue weighted by molar-refractivity contribution is -0.385. The molecule has 2 aromatic carbocycles. The topological polar surface area (TPSA) is 102 Å². The molecule has 0 unspecified atom stereocenters. The molecule has 1 heterocycles. The molecule has 1 saturated heterocycles. The van der Waals surface area contributed by atoms with E-state index in [4.69, 9.17) is 4.74 Å². The van der Waals surface area contributed by atoms with Crippen LogP contribution in [0.3, 0.4) is 0 Å². The monoisotopic (exact) mass is 463 g/mol. The molecule has 0 amide bonds. The average Bonchev–Trinajstić information content (AvgIpc) is 2.65. The number of nitro groups is 1. The van der Waals surface area contributed by atoms with Crippen molar-refractivity contribution in [3.8, 4) is 11.5 Å². The van der Waals surface area contributed by atoms with Crippen LogP contribution in [-0.2, 0) is 10.0 Å². The maximum Gasteiger partial charge on any atom is 0.271 e. The third-order valence-corrected chi connectivity index (χ3v) is 6.32. The summed E-state index contributed by atoms with van der Waals surface area (Å²) in [5.41, 5.74) is 1.51. The Bertz CT molecular complexity index is 979. The zero-order valence-corrected chi connectivity index (χ0v) is 18.4. The molecule has 160 valence electrons. The second-order valence-electron chi connectivity index (χ2n) is 6.41. The number of nitrogens with zero attached hydrogens (tertiary/aromatic N) is 2. The van der Waals surface area contributed by atoms with Gasteiger partial charge in [0, 0.05) is 38.3 Å². The van der Waals surface area contributed by atoms with E-state index < -0.39 is 14.9 Å². The van der Waals surface area contributed by atoms with Gasteiger partial charge in [-0.25, -0.2) is 8.42 Å². The first kappa shape index (κ1) is 25.1. The van der Waals surface area contributed by atoms with Crippen LogP contribution in [0.2, 0.25) is 0 Å². The van der Waals surface area contributed by atoms with E-state index in [0.717, 1.165) is 17.2 Å². The average molecular weight is 464 g/mol. The number of ether oxygens (including phenoxy) is 1. The number of nitro benzene ring substituents is 1. The van der Waals surface area contributed by atoms with Crippen LogP contribution >= 0.6 is 24.8 Å². The van der Waals surface area contributed by atoms with E-state index in [-0.39, 0.29) is 41.1 Å². The molecule has 1 fully saturated rings. The molecule has 2 aromatic rings. The molecule has 11 heteroatoms. The molecule has 0 radical (unpaired) electrons. The van der Waals surface area contributed by atoms with Gasteiger partial charge in [-0.15, -0.1) is 24.8 Å². The summed E-state index contributed by atoms with van der Waals surface area (Å²) in [6, 6.07) is 9.26. The van der Waals surface area contributed by atoms with Gasteiger partial charge in [0.2, 0.25) is 10.0 Å². The van der Waals surface area contributed by atoms with E-state index >= 15 is 0 Å². The van der Waals surface area contributed by atoms with Gasteiger partial charge in [-0.2, -0.15) is 4.31 Å². The maximum atomic E-state index is 13.1. The second kappa shape index (κ2) is 10.2. The highest BCUT2D eigenvalue weighted by atomic mass is 35.5. The highest BCUT2D eigenvalue weighted by Crippen LogP contribution is 2.35. The Balaban J connectivity index is 0.00000210. The molecule has 0 saturated carbocycles. The Kier molecular flexibility index (Phi) is 8.85. The molecular formula is C18H23Cl2N3O5S. The van der Waals surface area contributed by atoms with Gasteiger partial charge in [0.25, 0.3) is 5.69 Å². The molecule has 0 aliphatic carbocycles. The predicted octanol–water partition coefficient (Wildman–Crippen LogP) is 3.44. The van der Waals surface area contributed by atoms with Crippen LogP contribution in [-0.4, -0.2) is 43.8 Å². The van der Waals surface area contributed by atoms with Crippen LogP contribution in [0, 0.1) is 24.0 Å². The van der Waals surface area contributed by atoms with Crippen molar-refractivity contribution in [2.45, 2.75) is 18.7 Å². The highest BCUT2D eigenvalue weighted by molar-refractivity contribution is 7.89. The van der Waals surface area contributed by atoms with Gasteiger partial charge < -0.3 is 10.1 Å². The minimum atomic E-state index is -3.93. The minimum Gasteiger partial charge on any atom is -0.456 e. The van der Waals surface area contributed by atoms with Crippen molar-refractivity contribution in [3.63, 3.8) is 0 Å². The van der Waals surface area contributed by atoms with Crippen LogP contribution < -0.4 is 10.1 Å². The number of sulfonamides is 1. The summed E-state index contributed by atoms with van der Waals surface area (Å²) in [5, 5.41) is 14.3. The quantitative estimate of drug-likeness (QED) is 0.537. The Labute approximate surface area is 182 Å². The van der Waals surface area contributed by atoms with Gasteiger partial charge in [-0.1, -0.05) is 12.1 Å². The number of benzene rings is 2. The summed E-state index contributed by atoms with van der Waals surface area (Å²) < 4.78 is 33.4. The first-order valence-corrected chi connectivity index (χ1v) is 9.97. The lowest BCUT2D eigenvalue weighted by Gasteiger charge is -2.27. The highest BCUT2D eigenvalue weighted by Gasteiger charge is 2.31. The van der Waals surface area contributed by atoms with E-state index in [1.807, 2.05) is 26.0 Å². The molecule has 1 N–H and O–H groups in total. The number of non-ortho nitro benzene ring substituents is 1. The van der Waals surface area contributed by atoms with Crippen LogP contribution in [0.25, 0.3) is 0 Å². The van der Waals surface area contributed by atoms with E-state index in [2.05, 4.69) is 5.32 Å². The van der Waals surface area contributed by atoms with Gasteiger partial charge >= 0.3 is 0 Å². The van der Waals surface area contributed by atoms with Crippen molar-refractivity contribution in [2.75, 3.05) is 26.2 Å². The molecule has 1 aliphatic heterocycles. The summed E-state index contributed by atoms with van der Waals surface area (Å²) in [6.07, 6.45) is 0. The molecule has 0 bridgehead atoms. The fraction of sp³-hybridized carbons (Fsp3) is 0.333. The van der Waals surface area contributed by atoms with Crippen LogP contribution in [0.5, 0.6) is 11.5 Å². The number of aryl methyl sites for hydroxylation is 2. The Morgan fingerprint density at radius 2 is 1.69 bits per heavy atom. The molecular weight excluding hydrogens is 441 g/mol. The van der Waals surface area contributed by atoms with E-state index in [1.54, 1.807) is 6.07 Å². The molecule has 0 spiro atoms. The normalized spacial score (nSPS) is 14.4. The summed E-state index contributed by atoms with van der Waals surface area (Å²) >= 11 is 0. The Morgan fingerprint density at radius 3 is 2.31 bits per heavy atom. The van der Waals surface area contributed by atoms with Crippen molar-refractivity contribution in [2.24, 2.45) is 0 Å². The van der Waals surface area contributed by atoms with Crippen molar-refractivity contribution < 1.29 is 18.1 Å². The van der Waals surface area contributed by atoms with Crippen LogP contribution in [0.15, 0.2) is 41.3 Å². The number of piperazine rings is 1. The molecule has 8 nitrogen and oxygen atoms in total. The molecule has 3 rings (SSSR count). The maximum absolute atomic E-state index is 13.1. The van der Waals surface area contributed by atoms with Gasteiger partial charge in [-0.3, -0.25) is 10.1 Å². The largest absolute Gasteiger partial charge is 0.456 e. The Morgan fingerprint density at radius 1 is 1.03 bits per heavy atom. The summed E-state index contributed by atoms with van der Waals surface area (Å²) in [7, 11) is -3.93. The SMILES string of the molecule is Cc1ccc(C)c(Oc2ccc([N+](=O)[O-])cc2S(=O)(=O)N2CCNCC2)c1.Cl.Cl. The molecule has 0 aromatic heterocycles. The smallest absolute Gasteiger partial charge is 0.271 e. The number of hydrogen-bond acceptors (Lipinski definition) is 6. The number of nitrogens with one attached hydrogen (secondary N) is 1. The summed E-state index contributed by atoms with van der Waals surface area (Å²) in [4.78, 5) is 10.4. The summed E-state index contributed by atoms with van der Waals surface area (Å²) in [6.45, 7) is 5.41. The third kappa shape index (κ3) is 5.58. The predicted molar refractivity (Wildman–Crippen MR) is 115 cm³/mol. The van der Waals surface area contributed by atoms with Crippen LogP contribution in [0.4, 0.5) is 5.69 Å². The minimum absolute atomic E-state index is 0. The van der Waals surface area contributed by atoms with Crippen LogP contribution in [0.1, 0.15) is 11.1 Å². The number of rotatable bonds is 5. The molecule has 0 atom stereocenters. The first-order valence-electron chi connectivity index (χ1n) is 8.53. The van der Waals surface area contributed by atoms with E-state index in [0.29, 0.717) is 31.9 Å². The lowest BCUT2D eigenvalue weighted by atomic mass is 10.1. The van der Waals surface area contributed by atoms with E-state index in [1.165, 1.54) is 16.4 Å². The van der Waals surface area contributed by atoms with Gasteiger partial charge in [0.15, 0.2) is 0 Å². The van der Waals surface area contributed by atoms with Crippen molar-refractivity contribution >= 4 is 40.5 Å². The fourth-order valence-corrected chi connectivity index (χ4v) is 4.43. The zero-order chi connectivity index (χ0) is 19.6. The van der Waals surface area contributed by atoms with Gasteiger partial charge in [-0.05, 0) is 37.1 Å². The lowest BCUT2D eigenvalue weighted by Crippen LogP contribution is -2.46.